The monoisotopic (exact) mass is 333 g/mol. The van der Waals surface area contributed by atoms with Gasteiger partial charge in [0.15, 0.2) is 5.60 Å². The van der Waals surface area contributed by atoms with E-state index in [0.717, 1.165) is 10.5 Å². The fourth-order valence-corrected chi connectivity index (χ4v) is 3.31. The largest absolute Gasteiger partial charge is 0.419 e. The molecular weight excluding hydrogens is 319 g/mol. The number of nitrogens with zero attached hydrogens (tertiary/aromatic N) is 1. The molecule has 3 atom stereocenters. The normalized spacial score (nSPS) is 31.4. The third-order valence-corrected chi connectivity index (χ3v) is 4.84. The van der Waals surface area contributed by atoms with Gasteiger partial charge in [-0.05, 0) is 24.0 Å². The highest BCUT2D eigenvalue weighted by atomic mass is 35.5. The maximum atomic E-state index is 12.8. The number of β-amino-alcohol motifs (C(OH)–C–C–N with tert-alkyl or cyclic N) is 1. The van der Waals surface area contributed by atoms with Gasteiger partial charge in [0.1, 0.15) is 0 Å². The summed E-state index contributed by atoms with van der Waals surface area (Å²) in [5.74, 6) is -0.707. The Kier molecular flexibility index (Phi) is 3.64. The average Bonchev–Trinajstić information content (AvgIpc) is 3.12. The molecule has 120 valence electrons. The highest BCUT2D eigenvalue weighted by molar-refractivity contribution is 6.31. The molecule has 1 aliphatic carbocycles. The van der Waals surface area contributed by atoms with Crippen LogP contribution in [0.1, 0.15) is 24.3 Å². The summed E-state index contributed by atoms with van der Waals surface area (Å²) in [7, 11) is 0. The van der Waals surface area contributed by atoms with Gasteiger partial charge in [0.05, 0.1) is 6.54 Å². The SMILES string of the molecule is O=C([C@@H]1C[C@@H]1c1ccccc1Cl)N1CC[C@@](O)(C(F)(F)F)C1. The molecule has 0 radical (unpaired) electrons. The van der Waals surface area contributed by atoms with Crippen LogP contribution in [0.15, 0.2) is 24.3 Å². The highest BCUT2D eigenvalue weighted by Crippen LogP contribution is 2.51. The minimum absolute atomic E-state index is 0.0409. The predicted molar refractivity (Wildman–Crippen MR) is 74.5 cm³/mol. The Balaban J connectivity index is 1.67. The van der Waals surface area contributed by atoms with Crippen molar-refractivity contribution in [3.8, 4) is 0 Å². The van der Waals surface area contributed by atoms with Gasteiger partial charge in [-0.25, -0.2) is 0 Å². The number of carbonyl (C=O) groups is 1. The van der Waals surface area contributed by atoms with Gasteiger partial charge in [-0.3, -0.25) is 4.79 Å². The van der Waals surface area contributed by atoms with Gasteiger partial charge in [0, 0.05) is 23.9 Å². The molecule has 1 heterocycles. The lowest BCUT2D eigenvalue weighted by molar-refractivity contribution is -0.253. The lowest BCUT2D eigenvalue weighted by atomic mass is 10.0. The second-order valence-electron chi connectivity index (χ2n) is 6.01. The van der Waals surface area contributed by atoms with Crippen molar-refractivity contribution in [3.63, 3.8) is 0 Å². The first-order chi connectivity index (χ1) is 10.2. The van der Waals surface area contributed by atoms with E-state index in [1.54, 1.807) is 12.1 Å². The topological polar surface area (TPSA) is 40.5 Å². The van der Waals surface area contributed by atoms with E-state index in [0.29, 0.717) is 11.4 Å². The first-order valence-corrected chi connectivity index (χ1v) is 7.43. The van der Waals surface area contributed by atoms with Crippen molar-refractivity contribution in [2.45, 2.75) is 30.5 Å². The van der Waals surface area contributed by atoms with Crippen LogP contribution in [-0.2, 0) is 4.79 Å². The summed E-state index contributed by atoms with van der Waals surface area (Å²) in [6, 6.07) is 7.17. The maximum absolute atomic E-state index is 12.8. The Morgan fingerprint density at radius 1 is 1.36 bits per heavy atom. The van der Waals surface area contributed by atoms with Crippen LogP contribution in [0.2, 0.25) is 5.02 Å². The molecule has 3 rings (SSSR count). The summed E-state index contributed by atoms with van der Waals surface area (Å²) in [4.78, 5) is 13.4. The summed E-state index contributed by atoms with van der Waals surface area (Å²) in [6.45, 7) is -0.748. The molecule has 0 spiro atoms. The summed E-state index contributed by atoms with van der Waals surface area (Å²) < 4.78 is 38.4. The Labute approximate surface area is 130 Å². The molecule has 0 bridgehead atoms. The van der Waals surface area contributed by atoms with Crippen LogP contribution in [0.4, 0.5) is 13.2 Å². The van der Waals surface area contributed by atoms with E-state index < -0.39 is 24.7 Å². The van der Waals surface area contributed by atoms with E-state index in [-0.39, 0.29) is 24.3 Å². The van der Waals surface area contributed by atoms with Crippen molar-refractivity contribution in [1.29, 1.82) is 0 Å². The van der Waals surface area contributed by atoms with E-state index in [9.17, 15) is 23.1 Å². The molecule has 3 nitrogen and oxygen atoms in total. The van der Waals surface area contributed by atoms with Crippen molar-refractivity contribution in [1.82, 2.24) is 4.90 Å². The van der Waals surface area contributed by atoms with Crippen LogP contribution in [0.25, 0.3) is 0 Å². The van der Waals surface area contributed by atoms with Crippen LogP contribution >= 0.6 is 11.6 Å². The number of alkyl halides is 3. The third kappa shape index (κ3) is 2.58. The fourth-order valence-electron chi connectivity index (χ4n) is 3.04. The van der Waals surface area contributed by atoms with Crippen LogP contribution in [0.5, 0.6) is 0 Å². The molecule has 1 aliphatic heterocycles. The number of amides is 1. The molecule has 1 amide bonds. The van der Waals surface area contributed by atoms with E-state index in [4.69, 9.17) is 11.6 Å². The lowest BCUT2D eigenvalue weighted by Crippen LogP contribution is -2.48. The van der Waals surface area contributed by atoms with Crippen LogP contribution in [0.3, 0.4) is 0 Å². The number of benzene rings is 1. The first kappa shape index (κ1) is 15.6. The second-order valence-corrected chi connectivity index (χ2v) is 6.42. The molecule has 1 N–H and O–H groups in total. The number of hydrogen-bond donors (Lipinski definition) is 1. The quantitative estimate of drug-likeness (QED) is 0.904. The molecule has 1 aromatic rings. The van der Waals surface area contributed by atoms with Gasteiger partial charge in [0.2, 0.25) is 5.91 Å². The number of halogens is 4. The Bertz CT molecular complexity index is 607. The van der Waals surface area contributed by atoms with Gasteiger partial charge < -0.3 is 10.0 Å². The fraction of sp³-hybridized carbons (Fsp3) is 0.533. The first-order valence-electron chi connectivity index (χ1n) is 7.05. The molecule has 0 aromatic heterocycles. The van der Waals surface area contributed by atoms with E-state index >= 15 is 0 Å². The number of rotatable bonds is 2. The Morgan fingerprint density at radius 2 is 2.05 bits per heavy atom. The molecule has 1 saturated carbocycles. The zero-order valence-corrected chi connectivity index (χ0v) is 12.4. The maximum Gasteiger partial charge on any atom is 0.419 e. The Morgan fingerprint density at radius 3 is 2.64 bits per heavy atom. The predicted octanol–water partition coefficient (Wildman–Crippen LogP) is 2.97. The van der Waals surface area contributed by atoms with Crippen LogP contribution < -0.4 is 0 Å². The number of carbonyl (C=O) groups excluding carboxylic acids is 1. The van der Waals surface area contributed by atoms with E-state index in [2.05, 4.69) is 0 Å². The average molecular weight is 334 g/mol. The standard InChI is InChI=1S/C15H15ClF3NO2/c16-12-4-2-1-3-9(12)10-7-11(10)13(21)20-6-5-14(22,8-20)15(17,18)19/h1-4,10-11,22H,5-8H2/t10-,11-,14+/m1/s1. The third-order valence-electron chi connectivity index (χ3n) is 4.50. The molecule has 7 heteroatoms. The summed E-state index contributed by atoms with van der Waals surface area (Å²) in [5.41, 5.74) is -1.93. The van der Waals surface area contributed by atoms with E-state index in [1.165, 1.54) is 0 Å². The number of aliphatic hydroxyl groups is 1. The lowest BCUT2D eigenvalue weighted by Gasteiger charge is -2.26. The zero-order chi connectivity index (χ0) is 16.1. The summed E-state index contributed by atoms with van der Waals surface area (Å²) in [5, 5.41) is 10.2. The van der Waals surface area contributed by atoms with Crippen molar-refractivity contribution in [3.05, 3.63) is 34.9 Å². The minimum atomic E-state index is -4.71. The number of hydrogen-bond acceptors (Lipinski definition) is 2. The zero-order valence-electron chi connectivity index (χ0n) is 11.6. The summed E-state index contributed by atoms with van der Waals surface area (Å²) >= 11 is 6.08. The highest BCUT2D eigenvalue weighted by Gasteiger charge is 2.59. The molecule has 1 aromatic carbocycles. The van der Waals surface area contributed by atoms with Crippen LogP contribution in [-0.4, -0.2) is 40.8 Å². The van der Waals surface area contributed by atoms with Crippen molar-refractivity contribution in [2.75, 3.05) is 13.1 Å². The molecular formula is C15H15ClF3NO2. The second kappa shape index (κ2) is 5.13. The minimum Gasteiger partial charge on any atom is -0.379 e. The summed E-state index contributed by atoms with van der Waals surface area (Å²) in [6.07, 6.45) is -4.59. The van der Waals surface area contributed by atoms with Gasteiger partial charge in [-0.2, -0.15) is 13.2 Å². The van der Waals surface area contributed by atoms with Crippen LogP contribution in [0, 0.1) is 5.92 Å². The van der Waals surface area contributed by atoms with Crippen molar-refractivity contribution < 1.29 is 23.1 Å². The van der Waals surface area contributed by atoms with Crippen molar-refractivity contribution in [2.24, 2.45) is 5.92 Å². The van der Waals surface area contributed by atoms with E-state index in [1.807, 2.05) is 12.1 Å². The van der Waals surface area contributed by atoms with Gasteiger partial charge in [-0.1, -0.05) is 29.8 Å². The molecule has 2 aliphatic rings. The molecule has 2 fully saturated rings. The van der Waals surface area contributed by atoms with Gasteiger partial charge >= 0.3 is 6.18 Å². The number of likely N-dealkylation sites (tertiary alicyclic amines) is 1. The molecule has 0 unspecified atom stereocenters. The smallest absolute Gasteiger partial charge is 0.379 e. The van der Waals surface area contributed by atoms with Gasteiger partial charge in [0.25, 0.3) is 0 Å². The van der Waals surface area contributed by atoms with Crippen molar-refractivity contribution >= 4 is 17.5 Å². The Hall–Kier alpha value is -1.27. The molecule has 1 saturated heterocycles. The van der Waals surface area contributed by atoms with Gasteiger partial charge in [-0.15, -0.1) is 0 Å². The molecule has 22 heavy (non-hydrogen) atoms.